The van der Waals surface area contributed by atoms with E-state index >= 15 is 0 Å². The second-order valence-electron chi connectivity index (χ2n) is 5.07. The molecular weight excluding hydrogens is 310 g/mol. The van der Waals surface area contributed by atoms with Gasteiger partial charge in [0.1, 0.15) is 0 Å². The van der Waals surface area contributed by atoms with Gasteiger partial charge in [-0.1, -0.05) is 29.8 Å². The maximum atomic E-state index is 10.9. The monoisotopic (exact) mass is 327 g/mol. The molecule has 2 rings (SSSR count). The number of carbonyl (C=O) groups is 1. The molecule has 2 aromatic rings. The average Bonchev–Trinajstić information content (AvgIpc) is 2.50. The van der Waals surface area contributed by atoms with E-state index in [4.69, 9.17) is 17.3 Å². The van der Waals surface area contributed by atoms with Crippen LogP contribution in [0.2, 0.25) is 0 Å². The molecule has 0 radical (unpaired) electrons. The number of thiocarbonyl (C=S) groups is 1. The van der Waals surface area contributed by atoms with Gasteiger partial charge in [-0.3, -0.25) is 5.43 Å². The minimum absolute atomic E-state index is 0.213. The maximum absolute atomic E-state index is 10.9. The van der Waals surface area contributed by atoms with Crippen LogP contribution in [0.5, 0.6) is 0 Å². The molecule has 0 aliphatic heterocycles. The van der Waals surface area contributed by atoms with Gasteiger partial charge in [0.2, 0.25) is 0 Å². The van der Waals surface area contributed by atoms with Gasteiger partial charge in [-0.2, -0.15) is 5.10 Å². The van der Waals surface area contributed by atoms with Crippen molar-refractivity contribution in [3.63, 3.8) is 0 Å². The number of benzene rings is 2. The Hall–Kier alpha value is -2.73. The number of nitrogens with one attached hydrogen (secondary N) is 2. The van der Waals surface area contributed by atoms with Gasteiger partial charge in [-0.15, -0.1) is 0 Å². The van der Waals surface area contributed by atoms with Crippen molar-refractivity contribution >= 4 is 35.2 Å². The summed E-state index contributed by atoms with van der Waals surface area (Å²) in [7, 11) is 0. The van der Waals surface area contributed by atoms with Crippen molar-refractivity contribution in [3.05, 3.63) is 64.7 Å². The van der Waals surface area contributed by atoms with E-state index in [1.165, 1.54) is 23.9 Å². The molecule has 0 unspecified atom stereocenters. The molecule has 0 bridgehead atoms. The standard InChI is InChI=1S/C17H17N3O2S/c1-11-6-7-15(12(2)8-11)19-17(23)20-18-10-13-4-3-5-14(9-13)16(21)22/h3-10H,1-2H3,(H,21,22)(H2,19,20,23)/b18-10+. The molecule has 23 heavy (non-hydrogen) atoms. The molecule has 0 amide bonds. The molecule has 0 saturated heterocycles. The van der Waals surface area contributed by atoms with Gasteiger partial charge < -0.3 is 10.4 Å². The summed E-state index contributed by atoms with van der Waals surface area (Å²) in [5, 5.41) is 16.4. The minimum Gasteiger partial charge on any atom is -0.478 e. The Bertz CT molecular complexity index is 772. The molecule has 0 aromatic heterocycles. The number of carboxylic acid groups (broad SMARTS) is 1. The molecule has 0 heterocycles. The Morgan fingerprint density at radius 1 is 1.22 bits per heavy atom. The quantitative estimate of drug-likeness (QED) is 0.456. The number of hydrogen-bond donors (Lipinski definition) is 3. The molecule has 6 heteroatoms. The average molecular weight is 327 g/mol. The van der Waals surface area contributed by atoms with E-state index in [0.717, 1.165) is 11.3 Å². The van der Waals surface area contributed by atoms with Gasteiger partial charge in [0, 0.05) is 5.69 Å². The number of carboxylic acids is 1. The summed E-state index contributed by atoms with van der Waals surface area (Å²) in [6, 6.07) is 12.5. The van der Waals surface area contributed by atoms with Gasteiger partial charge in [0.25, 0.3) is 0 Å². The van der Waals surface area contributed by atoms with E-state index in [9.17, 15) is 4.79 Å². The van der Waals surface area contributed by atoms with Crippen molar-refractivity contribution < 1.29 is 9.90 Å². The lowest BCUT2D eigenvalue weighted by Crippen LogP contribution is -2.24. The number of hydrazone groups is 1. The smallest absolute Gasteiger partial charge is 0.335 e. The molecule has 0 fully saturated rings. The van der Waals surface area contributed by atoms with Crippen LogP contribution in [0.3, 0.4) is 0 Å². The second-order valence-corrected chi connectivity index (χ2v) is 5.48. The van der Waals surface area contributed by atoms with Crippen molar-refractivity contribution in [1.82, 2.24) is 5.43 Å². The molecule has 0 saturated carbocycles. The van der Waals surface area contributed by atoms with E-state index in [2.05, 4.69) is 21.9 Å². The fourth-order valence-electron chi connectivity index (χ4n) is 2.02. The first-order chi connectivity index (χ1) is 11.0. The van der Waals surface area contributed by atoms with Crippen LogP contribution < -0.4 is 10.7 Å². The van der Waals surface area contributed by atoms with E-state index in [-0.39, 0.29) is 5.56 Å². The third-order valence-electron chi connectivity index (χ3n) is 3.14. The number of rotatable bonds is 4. The molecular formula is C17H17N3O2S. The molecule has 118 valence electrons. The molecule has 3 N–H and O–H groups in total. The summed E-state index contributed by atoms with van der Waals surface area (Å²) in [6.45, 7) is 4.03. The Kier molecular flexibility index (Phi) is 5.43. The molecule has 0 spiro atoms. The van der Waals surface area contributed by atoms with Crippen molar-refractivity contribution in [2.75, 3.05) is 5.32 Å². The zero-order chi connectivity index (χ0) is 16.8. The van der Waals surface area contributed by atoms with E-state index in [0.29, 0.717) is 10.7 Å². The fourth-order valence-corrected chi connectivity index (χ4v) is 2.18. The molecule has 5 nitrogen and oxygen atoms in total. The lowest BCUT2D eigenvalue weighted by atomic mass is 10.1. The van der Waals surface area contributed by atoms with Crippen LogP contribution in [0.15, 0.2) is 47.6 Å². The molecule has 2 aromatic carbocycles. The molecule has 0 aliphatic carbocycles. The van der Waals surface area contributed by atoms with E-state index in [1.807, 2.05) is 26.0 Å². The third kappa shape index (κ3) is 4.89. The Morgan fingerprint density at radius 2 is 2.00 bits per heavy atom. The van der Waals surface area contributed by atoms with Gasteiger partial charge in [0.15, 0.2) is 5.11 Å². The maximum Gasteiger partial charge on any atom is 0.335 e. The van der Waals surface area contributed by atoms with Crippen LogP contribution in [-0.2, 0) is 0 Å². The Morgan fingerprint density at radius 3 is 2.70 bits per heavy atom. The van der Waals surface area contributed by atoms with Gasteiger partial charge in [-0.25, -0.2) is 4.79 Å². The van der Waals surface area contributed by atoms with E-state index < -0.39 is 5.97 Å². The normalized spacial score (nSPS) is 10.5. The molecule has 0 aliphatic rings. The zero-order valence-corrected chi connectivity index (χ0v) is 13.6. The summed E-state index contributed by atoms with van der Waals surface area (Å²) in [4.78, 5) is 10.9. The van der Waals surface area contributed by atoms with Crippen LogP contribution in [0.4, 0.5) is 5.69 Å². The van der Waals surface area contributed by atoms with Crippen molar-refractivity contribution in [3.8, 4) is 0 Å². The first-order valence-corrected chi connectivity index (χ1v) is 7.37. The number of hydrogen-bond acceptors (Lipinski definition) is 3. The summed E-state index contributed by atoms with van der Waals surface area (Å²) in [6.07, 6.45) is 1.52. The van der Waals surface area contributed by atoms with Crippen LogP contribution in [-0.4, -0.2) is 22.4 Å². The van der Waals surface area contributed by atoms with Crippen LogP contribution in [0.1, 0.15) is 27.0 Å². The van der Waals surface area contributed by atoms with Gasteiger partial charge >= 0.3 is 5.97 Å². The van der Waals surface area contributed by atoms with Crippen molar-refractivity contribution in [1.29, 1.82) is 0 Å². The number of aromatic carboxylic acids is 1. The molecule has 0 atom stereocenters. The van der Waals surface area contributed by atoms with Gasteiger partial charge in [0.05, 0.1) is 11.8 Å². The summed E-state index contributed by atoms with van der Waals surface area (Å²) in [5.41, 5.74) is 6.79. The Balaban J connectivity index is 1.96. The number of nitrogens with zero attached hydrogens (tertiary/aromatic N) is 1. The predicted molar refractivity (Wildman–Crippen MR) is 96.3 cm³/mol. The lowest BCUT2D eigenvalue weighted by molar-refractivity contribution is 0.0697. The SMILES string of the molecule is Cc1ccc(NC(=S)N/N=C/c2cccc(C(=O)O)c2)c(C)c1. The summed E-state index contributed by atoms with van der Waals surface area (Å²) in [5.74, 6) is -0.972. The van der Waals surface area contributed by atoms with Crippen LogP contribution in [0.25, 0.3) is 0 Å². The highest BCUT2D eigenvalue weighted by Gasteiger charge is 2.02. The topological polar surface area (TPSA) is 73.7 Å². The highest BCUT2D eigenvalue weighted by molar-refractivity contribution is 7.80. The highest BCUT2D eigenvalue weighted by Crippen LogP contribution is 2.15. The van der Waals surface area contributed by atoms with Gasteiger partial charge in [-0.05, 0) is 55.4 Å². The zero-order valence-electron chi connectivity index (χ0n) is 12.8. The third-order valence-corrected chi connectivity index (χ3v) is 3.34. The number of anilines is 1. The summed E-state index contributed by atoms with van der Waals surface area (Å²) < 4.78 is 0. The number of aryl methyl sites for hydroxylation is 2. The fraction of sp³-hybridized carbons (Fsp3) is 0.118. The van der Waals surface area contributed by atoms with Crippen molar-refractivity contribution in [2.24, 2.45) is 5.10 Å². The van der Waals surface area contributed by atoms with Crippen molar-refractivity contribution in [2.45, 2.75) is 13.8 Å². The lowest BCUT2D eigenvalue weighted by Gasteiger charge is -2.10. The first-order valence-electron chi connectivity index (χ1n) is 6.96. The Labute approximate surface area is 140 Å². The first kappa shape index (κ1) is 16.6. The van der Waals surface area contributed by atoms with Crippen LogP contribution in [0, 0.1) is 13.8 Å². The largest absolute Gasteiger partial charge is 0.478 e. The van der Waals surface area contributed by atoms with Crippen LogP contribution >= 0.6 is 12.2 Å². The minimum atomic E-state index is -0.972. The van der Waals surface area contributed by atoms with E-state index in [1.54, 1.807) is 12.1 Å². The predicted octanol–water partition coefficient (Wildman–Crippen LogP) is 3.32. The highest BCUT2D eigenvalue weighted by atomic mass is 32.1. The second kappa shape index (κ2) is 7.51. The summed E-state index contributed by atoms with van der Waals surface area (Å²) >= 11 is 5.18.